The summed E-state index contributed by atoms with van der Waals surface area (Å²) in [5, 5.41) is 0. The molecular formula is C14H18N2O4. The molecule has 1 aliphatic heterocycles. The van der Waals surface area contributed by atoms with Gasteiger partial charge >= 0.3 is 0 Å². The number of amides is 2. The second kappa shape index (κ2) is 5.81. The van der Waals surface area contributed by atoms with Crippen LogP contribution >= 0.6 is 0 Å². The molecule has 2 amide bonds. The van der Waals surface area contributed by atoms with Gasteiger partial charge in [-0.25, -0.2) is 0 Å². The molecule has 1 aromatic rings. The molecule has 6 heteroatoms. The van der Waals surface area contributed by atoms with Gasteiger partial charge in [-0.3, -0.25) is 9.59 Å². The first-order valence-corrected chi connectivity index (χ1v) is 6.40. The lowest BCUT2D eigenvalue weighted by molar-refractivity contribution is -0.126. The van der Waals surface area contributed by atoms with Gasteiger partial charge in [-0.15, -0.1) is 0 Å². The van der Waals surface area contributed by atoms with Crippen LogP contribution in [0.25, 0.3) is 0 Å². The fraction of sp³-hybridized carbons (Fsp3) is 0.429. The lowest BCUT2D eigenvalue weighted by Gasteiger charge is -2.18. The summed E-state index contributed by atoms with van der Waals surface area (Å²) in [6, 6.07) is 5.12. The van der Waals surface area contributed by atoms with Crippen LogP contribution in [0.4, 0.5) is 0 Å². The molecule has 0 N–H and O–H groups in total. The average Bonchev–Trinajstić information content (AvgIpc) is 2.86. The Morgan fingerprint density at radius 2 is 2.05 bits per heavy atom. The van der Waals surface area contributed by atoms with E-state index in [1.807, 2.05) is 6.92 Å². The summed E-state index contributed by atoms with van der Waals surface area (Å²) >= 11 is 0. The minimum absolute atomic E-state index is 0.0392. The quantitative estimate of drug-likeness (QED) is 0.823. The minimum atomic E-state index is -0.231. The topological polar surface area (TPSA) is 59.1 Å². The predicted molar refractivity (Wildman–Crippen MR) is 72.8 cm³/mol. The number of para-hydroxylation sites is 1. The zero-order valence-electron chi connectivity index (χ0n) is 11.9. The lowest BCUT2D eigenvalue weighted by Crippen LogP contribution is -2.31. The monoisotopic (exact) mass is 278 g/mol. The maximum atomic E-state index is 12.5. The number of hydrogen-bond donors (Lipinski definition) is 0. The van der Waals surface area contributed by atoms with Crippen LogP contribution in [-0.4, -0.2) is 55.6 Å². The molecule has 0 aliphatic carbocycles. The van der Waals surface area contributed by atoms with E-state index >= 15 is 0 Å². The van der Waals surface area contributed by atoms with Crippen molar-refractivity contribution in [3.63, 3.8) is 0 Å². The Morgan fingerprint density at radius 3 is 2.60 bits per heavy atom. The third-order valence-corrected chi connectivity index (χ3v) is 3.32. The van der Waals surface area contributed by atoms with Crippen molar-refractivity contribution in [3.8, 4) is 11.5 Å². The molecule has 0 saturated carbocycles. The first-order valence-electron chi connectivity index (χ1n) is 6.40. The van der Waals surface area contributed by atoms with E-state index in [0.717, 1.165) is 0 Å². The van der Waals surface area contributed by atoms with E-state index in [1.165, 1.54) is 19.1 Å². The van der Waals surface area contributed by atoms with Crippen LogP contribution in [0.5, 0.6) is 11.5 Å². The number of carbonyl (C=O) groups excluding carboxylic acids is 2. The van der Waals surface area contributed by atoms with Gasteiger partial charge in [0.05, 0.1) is 26.5 Å². The SMILES string of the molecule is CCN1CN(C(=O)c2cccc(OC)c2OC)CC1=O. The van der Waals surface area contributed by atoms with E-state index in [9.17, 15) is 9.59 Å². The molecule has 2 rings (SSSR count). The highest BCUT2D eigenvalue weighted by Gasteiger charge is 2.31. The number of carbonyl (C=O) groups is 2. The van der Waals surface area contributed by atoms with Crippen LogP contribution in [0.3, 0.4) is 0 Å². The number of ether oxygens (including phenoxy) is 2. The van der Waals surface area contributed by atoms with Crippen LogP contribution in [0.15, 0.2) is 18.2 Å². The normalized spacial score (nSPS) is 14.7. The van der Waals surface area contributed by atoms with Crippen LogP contribution in [0.1, 0.15) is 17.3 Å². The maximum Gasteiger partial charge on any atom is 0.259 e. The Labute approximate surface area is 117 Å². The van der Waals surface area contributed by atoms with Crippen LogP contribution in [0.2, 0.25) is 0 Å². The molecular weight excluding hydrogens is 260 g/mol. The fourth-order valence-electron chi connectivity index (χ4n) is 2.24. The van der Waals surface area contributed by atoms with Crippen molar-refractivity contribution in [2.45, 2.75) is 6.92 Å². The molecule has 1 heterocycles. The maximum absolute atomic E-state index is 12.5. The van der Waals surface area contributed by atoms with Crippen LogP contribution in [-0.2, 0) is 4.79 Å². The van der Waals surface area contributed by atoms with Crippen molar-refractivity contribution < 1.29 is 19.1 Å². The molecule has 1 aliphatic rings. The van der Waals surface area contributed by atoms with Gasteiger partial charge in [0.1, 0.15) is 6.54 Å². The van der Waals surface area contributed by atoms with Crippen molar-refractivity contribution in [1.82, 2.24) is 9.80 Å². The van der Waals surface area contributed by atoms with E-state index < -0.39 is 0 Å². The predicted octanol–water partition coefficient (Wildman–Crippen LogP) is 0.966. The number of nitrogens with zero attached hydrogens (tertiary/aromatic N) is 2. The summed E-state index contributed by atoms with van der Waals surface area (Å²) in [7, 11) is 3.01. The van der Waals surface area contributed by atoms with Gasteiger partial charge in [-0.1, -0.05) is 6.07 Å². The molecule has 0 unspecified atom stereocenters. The number of hydrogen-bond acceptors (Lipinski definition) is 4. The zero-order chi connectivity index (χ0) is 14.7. The average molecular weight is 278 g/mol. The molecule has 20 heavy (non-hydrogen) atoms. The van der Waals surface area contributed by atoms with E-state index in [4.69, 9.17) is 9.47 Å². The van der Waals surface area contributed by atoms with Crippen molar-refractivity contribution in [2.75, 3.05) is 34.0 Å². The zero-order valence-corrected chi connectivity index (χ0v) is 11.9. The molecule has 0 bridgehead atoms. The van der Waals surface area contributed by atoms with E-state index in [0.29, 0.717) is 30.3 Å². The molecule has 1 saturated heterocycles. The molecule has 0 radical (unpaired) electrons. The Hall–Kier alpha value is -2.24. The highest BCUT2D eigenvalue weighted by molar-refractivity contribution is 6.00. The third-order valence-electron chi connectivity index (χ3n) is 3.32. The summed E-state index contributed by atoms with van der Waals surface area (Å²) in [4.78, 5) is 27.4. The largest absolute Gasteiger partial charge is 0.493 e. The second-order valence-corrected chi connectivity index (χ2v) is 4.44. The molecule has 0 aromatic heterocycles. The minimum Gasteiger partial charge on any atom is -0.493 e. The number of rotatable bonds is 4. The van der Waals surface area contributed by atoms with Crippen LogP contribution < -0.4 is 9.47 Å². The van der Waals surface area contributed by atoms with Gasteiger partial charge in [-0.05, 0) is 19.1 Å². The Balaban J connectivity index is 2.28. The van der Waals surface area contributed by atoms with E-state index in [2.05, 4.69) is 0 Å². The van der Waals surface area contributed by atoms with Crippen molar-refractivity contribution in [3.05, 3.63) is 23.8 Å². The summed E-state index contributed by atoms with van der Waals surface area (Å²) in [6.45, 7) is 2.90. The van der Waals surface area contributed by atoms with Gasteiger partial charge in [0.2, 0.25) is 5.91 Å². The highest BCUT2D eigenvalue weighted by Crippen LogP contribution is 2.31. The third kappa shape index (κ3) is 2.41. The first-order chi connectivity index (χ1) is 9.62. The van der Waals surface area contributed by atoms with Gasteiger partial charge in [0.15, 0.2) is 11.5 Å². The van der Waals surface area contributed by atoms with E-state index in [-0.39, 0.29) is 18.4 Å². The molecule has 0 spiro atoms. The van der Waals surface area contributed by atoms with Crippen molar-refractivity contribution >= 4 is 11.8 Å². The molecule has 6 nitrogen and oxygen atoms in total. The Bertz CT molecular complexity index is 530. The van der Waals surface area contributed by atoms with Gasteiger partial charge in [0.25, 0.3) is 5.91 Å². The van der Waals surface area contributed by atoms with Gasteiger partial charge < -0.3 is 19.3 Å². The second-order valence-electron chi connectivity index (χ2n) is 4.44. The Morgan fingerprint density at radius 1 is 1.30 bits per heavy atom. The van der Waals surface area contributed by atoms with Crippen LogP contribution in [0, 0.1) is 0 Å². The highest BCUT2D eigenvalue weighted by atomic mass is 16.5. The first kappa shape index (κ1) is 14.2. The number of benzene rings is 1. The Kier molecular flexibility index (Phi) is 4.12. The molecule has 108 valence electrons. The smallest absolute Gasteiger partial charge is 0.259 e. The van der Waals surface area contributed by atoms with Crippen molar-refractivity contribution in [2.24, 2.45) is 0 Å². The van der Waals surface area contributed by atoms with Gasteiger partial charge in [-0.2, -0.15) is 0 Å². The summed E-state index contributed by atoms with van der Waals surface area (Å²) in [5.41, 5.74) is 0.401. The summed E-state index contributed by atoms with van der Waals surface area (Å²) in [6.07, 6.45) is 0. The molecule has 0 atom stereocenters. The van der Waals surface area contributed by atoms with Crippen molar-refractivity contribution in [1.29, 1.82) is 0 Å². The fourth-order valence-corrected chi connectivity index (χ4v) is 2.24. The number of likely N-dealkylation sites (N-methyl/N-ethyl adjacent to an activating group) is 1. The standard InChI is InChI=1S/C14H18N2O4/c1-4-15-9-16(8-12(15)17)14(18)10-6-5-7-11(19-2)13(10)20-3/h5-7H,4,8-9H2,1-3H3. The lowest BCUT2D eigenvalue weighted by atomic mass is 10.1. The van der Waals surface area contributed by atoms with Gasteiger partial charge in [0, 0.05) is 6.54 Å². The summed E-state index contributed by atoms with van der Waals surface area (Å²) in [5.74, 6) is 0.617. The summed E-state index contributed by atoms with van der Waals surface area (Å²) < 4.78 is 10.4. The number of methoxy groups -OCH3 is 2. The molecule has 1 aromatic carbocycles. The molecule has 1 fully saturated rings. The van der Waals surface area contributed by atoms with E-state index in [1.54, 1.807) is 23.1 Å².